The molecule has 1 aromatic carbocycles. The molecule has 0 radical (unpaired) electrons. The highest BCUT2D eigenvalue weighted by molar-refractivity contribution is 5.95. The van der Waals surface area contributed by atoms with Crippen LogP contribution in [0.4, 0.5) is 18.0 Å². The quantitative estimate of drug-likeness (QED) is 0.582. The lowest BCUT2D eigenvalue weighted by Gasteiger charge is -2.31. The van der Waals surface area contributed by atoms with Gasteiger partial charge in [0.1, 0.15) is 11.5 Å². The summed E-state index contributed by atoms with van der Waals surface area (Å²) in [6.07, 6.45) is 0.0394. The van der Waals surface area contributed by atoms with Crippen molar-refractivity contribution in [3.05, 3.63) is 58.7 Å². The molecule has 4 rings (SSSR count). The second kappa shape index (κ2) is 8.74. The fraction of sp³-hybridized carbons (Fsp3) is 0.318. The molecule has 8 nitrogen and oxygen atoms in total. The van der Waals surface area contributed by atoms with Crippen molar-refractivity contribution in [1.82, 2.24) is 19.6 Å². The summed E-state index contributed by atoms with van der Waals surface area (Å²) in [4.78, 5) is 28.7. The molecule has 174 valence electrons. The normalized spacial score (nSPS) is 16.3. The lowest BCUT2D eigenvalue weighted by Crippen LogP contribution is -2.45. The molecule has 2 N–H and O–H groups in total. The molecule has 0 bridgehead atoms. The number of hydrogen-bond donors (Lipinski definition) is 2. The van der Waals surface area contributed by atoms with Crippen molar-refractivity contribution in [2.24, 2.45) is 0 Å². The molecule has 0 unspecified atom stereocenters. The average Bonchev–Trinajstić information content (AvgIpc) is 3.12. The smallest absolute Gasteiger partial charge is 0.407 e. The number of rotatable bonds is 4. The molecule has 1 aliphatic heterocycles. The third-order valence-corrected chi connectivity index (χ3v) is 5.58. The van der Waals surface area contributed by atoms with E-state index in [0.29, 0.717) is 17.4 Å². The zero-order chi connectivity index (χ0) is 23.9. The van der Waals surface area contributed by atoms with Crippen LogP contribution in [0, 0.1) is 24.4 Å². The number of nitrogens with one attached hydrogen (secondary N) is 1. The number of carboxylic acid groups (broad SMARTS) is 1. The summed E-state index contributed by atoms with van der Waals surface area (Å²) in [5.74, 6) is -5.14. The van der Waals surface area contributed by atoms with E-state index in [0.717, 1.165) is 5.56 Å². The van der Waals surface area contributed by atoms with E-state index in [1.807, 2.05) is 6.92 Å². The van der Waals surface area contributed by atoms with Crippen molar-refractivity contribution >= 4 is 17.6 Å². The molecule has 2 amide bonds. The number of ether oxygens (including phenoxy) is 1. The summed E-state index contributed by atoms with van der Waals surface area (Å²) in [7, 11) is 1.22. The molecule has 33 heavy (non-hydrogen) atoms. The Morgan fingerprint density at radius 3 is 2.73 bits per heavy atom. The number of halogens is 3. The zero-order valence-corrected chi connectivity index (χ0v) is 17.9. The van der Waals surface area contributed by atoms with Gasteiger partial charge in [-0.25, -0.2) is 22.9 Å². The number of carbonyl (C=O) groups is 2. The number of benzene rings is 1. The largest absolute Gasteiger partial charge is 0.465 e. The van der Waals surface area contributed by atoms with E-state index in [4.69, 9.17) is 4.74 Å². The van der Waals surface area contributed by atoms with E-state index in [-0.39, 0.29) is 31.8 Å². The minimum absolute atomic E-state index is 0.0583. The first-order valence-corrected chi connectivity index (χ1v) is 10.2. The number of aromatic nitrogens is 2. The standard InChI is InChI=1S/C22H21F3N4O4/c1-11-3-4-29-15(8-12-10-28(22(31)32)5-6-33-12)20(27-16(29)7-11)17-14(23)9-13(21(30)26-2)18(24)19(17)25/h3-4,7,9,12H,5-6,8,10H2,1-2H3,(H,26,30)(H,31,32)/t12-/m0/s1. The Morgan fingerprint density at radius 2 is 2.03 bits per heavy atom. The molecule has 0 aliphatic carbocycles. The maximum Gasteiger partial charge on any atom is 0.407 e. The van der Waals surface area contributed by atoms with Crippen LogP contribution in [0.25, 0.3) is 16.9 Å². The highest BCUT2D eigenvalue weighted by Crippen LogP contribution is 2.33. The predicted molar refractivity (Wildman–Crippen MR) is 112 cm³/mol. The molecule has 1 aliphatic rings. The van der Waals surface area contributed by atoms with E-state index >= 15 is 8.78 Å². The Morgan fingerprint density at radius 1 is 1.27 bits per heavy atom. The van der Waals surface area contributed by atoms with Crippen LogP contribution in [0.2, 0.25) is 0 Å². The number of pyridine rings is 1. The maximum atomic E-state index is 15.1. The van der Waals surface area contributed by atoms with E-state index in [1.54, 1.807) is 22.7 Å². The van der Waals surface area contributed by atoms with Crippen molar-refractivity contribution < 1.29 is 32.6 Å². The lowest BCUT2D eigenvalue weighted by atomic mass is 10.0. The molecule has 11 heteroatoms. The molecule has 2 aromatic heterocycles. The number of aryl methyl sites for hydroxylation is 1. The number of nitrogens with zero attached hydrogens (tertiary/aromatic N) is 3. The molecule has 0 spiro atoms. The van der Waals surface area contributed by atoms with Gasteiger partial charge >= 0.3 is 6.09 Å². The number of imidazole rings is 1. The first kappa shape index (κ1) is 22.6. The summed E-state index contributed by atoms with van der Waals surface area (Å²) in [5, 5.41) is 11.4. The third-order valence-electron chi connectivity index (χ3n) is 5.58. The van der Waals surface area contributed by atoms with Crippen molar-refractivity contribution in [3.8, 4) is 11.3 Å². The van der Waals surface area contributed by atoms with Gasteiger partial charge in [-0.1, -0.05) is 0 Å². The van der Waals surface area contributed by atoms with Crippen molar-refractivity contribution in [1.29, 1.82) is 0 Å². The lowest BCUT2D eigenvalue weighted by molar-refractivity contribution is -0.0214. The van der Waals surface area contributed by atoms with E-state index in [1.165, 1.54) is 11.9 Å². The van der Waals surface area contributed by atoms with Crippen LogP contribution < -0.4 is 5.32 Å². The molecular weight excluding hydrogens is 441 g/mol. The van der Waals surface area contributed by atoms with Gasteiger partial charge in [-0.15, -0.1) is 0 Å². The van der Waals surface area contributed by atoms with Gasteiger partial charge in [0.25, 0.3) is 5.91 Å². The van der Waals surface area contributed by atoms with Gasteiger partial charge in [0.15, 0.2) is 11.6 Å². The first-order valence-electron chi connectivity index (χ1n) is 10.2. The monoisotopic (exact) mass is 462 g/mol. The highest BCUT2D eigenvalue weighted by atomic mass is 19.2. The predicted octanol–water partition coefficient (Wildman–Crippen LogP) is 3.01. The topological polar surface area (TPSA) is 96.2 Å². The van der Waals surface area contributed by atoms with Gasteiger partial charge in [-0.3, -0.25) is 4.79 Å². The molecule has 1 fully saturated rings. The SMILES string of the molecule is CNC(=O)c1cc(F)c(-c2nc3cc(C)ccn3c2C[C@H]2CN(C(=O)O)CCO2)c(F)c1F. The Hall–Kier alpha value is -3.60. The van der Waals surface area contributed by atoms with Gasteiger partial charge in [0.05, 0.1) is 41.8 Å². The van der Waals surface area contributed by atoms with E-state index in [9.17, 15) is 19.1 Å². The molecular formula is C22H21F3N4O4. The molecule has 1 atom stereocenters. The van der Waals surface area contributed by atoms with Gasteiger partial charge in [0.2, 0.25) is 0 Å². The second-order valence-corrected chi connectivity index (χ2v) is 7.75. The second-order valence-electron chi connectivity index (χ2n) is 7.75. The number of carbonyl (C=O) groups excluding carboxylic acids is 1. The van der Waals surface area contributed by atoms with Crippen LogP contribution in [-0.2, 0) is 11.2 Å². The van der Waals surface area contributed by atoms with Gasteiger partial charge in [0, 0.05) is 26.2 Å². The average molecular weight is 462 g/mol. The Bertz CT molecular complexity index is 1260. The van der Waals surface area contributed by atoms with Gasteiger partial charge in [-0.05, 0) is 30.7 Å². The van der Waals surface area contributed by atoms with Crippen molar-refractivity contribution in [3.63, 3.8) is 0 Å². The van der Waals surface area contributed by atoms with Crippen LogP contribution in [0.5, 0.6) is 0 Å². The van der Waals surface area contributed by atoms with Crippen molar-refractivity contribution in [2.45, 2.75) is 19.4 Å². The van der Waals surface area contributed by atoms with Gasteiger partial charge < -0.3 is 24.5 Å². The molecule has 1 saturated heterocycles. The number of morpholine rings is 1. The van der Waals surface area contributed by atoms with Crippen LogP contribution in [0.15, 0.2) is 24.4 Å². The minimum Gasteiger partial charge on any atom is -0.465 e. The highest BCUT2D eigenvalue weighted by Gasteiger charge is 2.30. The Kier molecular flexibility index (Phi) is 5.98. The Balaban J connectivity index is 1.86. The van der Waals surface area contributed by atoms with Crippen LogP contribution in [0.1, 0.15) is 21.6 Å². The maximum absolute atomic E-state index is 15.1. The fourth-order valence-corrected chi connectivity index (χ4v) is 3.94. The van der Waals surface area contributed by atoms with Gasteiger partial charge in [-0.2, -0.15) is 0 Å². The van der Waals surface area contributed by atoms with E-state index < -0.39 is 46.7 Å². The van der Waals surface area contributed by atoms with Crippen LogP contribution in [-0.4, -0.2) is 64.2 Å². The molecule has 3 heterocycles. The van der Waals surface area contributed by atoms with Crippen LogP contribution in [0.3, 0.4) is 0 Å². The molecule has 0 saturated carbocycles. The summed E-state index contributed by atoms with van der Waals surface area (Å²) < 4.78 is 52.1. The van der Waals surface area contributed by atoms with Crippen molar-refractivity contribution in [2.75, 3.05) is 26.7 Å². The number of fused-ring (bicyclic) bond motifs is 1. The van der Waals surface area contributed by atoms with E-state index in [2.05, 4.69) is 10.3 Å². The Labute approximate surface area is 186 Å². The number of amides is 2. The zero-order valence-electron chi connectivity index (χ0n) is 17.9. The minimum atomic E-state index is -1.54. The third kappa shape index (κ3) is 4.11. The summed E-state index contributed by atoms with van der Waals surface area (Å²) in [5.41, 5.74) is -0.0622. The summed E-state index contributed by atoms with van der Waals surface area (Å²) >= 11 is 0. The first-order chi connectivity index (χ1) is 15.7. The summed E-state index contributed by atoms with van der Waals surface area (Å²) in [6.45, 7) is 2.26. The molecule has 3 aromatic rings. The van der Waals surface area contributed by atoms with Crippen LogP contribution >= 0.6 is 0 Å². The summed E-state index contributed by atoms with van der Waals surface area (Å²) in [6, 6.07) is 4.10. The fourth-order valence-electron chi connectivity index (χ4n) is 3.94. The number of hydrogen-bond acceptors (Lipinski definition) is 4.